The predicted octanol–water partition coefficient (Wildman–Crippen LogP) is 2.33. The molecule has 0 bridgehead atoms. The number of aliphatic hydroxyl groups excluding tert-OH is 2. The molecule has 0 amide bonds. The molecule has 0 aliphatic heterocycles. The van der Waals surface area contributed by atoms with Gasteiger partial charge in [-0.2, -0.15) is 0 Å². The Morgan fingerprint density at radius 1 is 1.15 bits per heavy atom. The first-order valence-electron chi connectivity index (χ1n) is 6.93. The Morgan fingerprint density at radius 3 is 2.20 bits per heavy atom. The minimum Gasteiger partial charge on any atom is -0.462 e. The number of nitrogens with two attached hydrogens (primary N) is 1. The molecule has 0 fully saturated rings. The van der Waals surface area contributed by atoms with Crippen LogP contribution in [0.1, 0.15) is 67.3 Å². The number of carbonyl (C=O) groups is 1. The van der Waals surface area contributed by atoms with Crippen molar-refractivity contribution in [2.45, 2.75) is 45.8 Å². The summed E-state index contributed by atoms with van der Waals surface area (Å²) in [5.41, 5.74) is 7.34. The fourth-order valence-corrected chi connectivity index (χ4v) is 2.18. The van der Waals surface area contributed by atoms with Gasteiger partial charge >= 0.3 is 5.97 Å². The van der Waals surface area contributed by atoms with Crippen LogP contribution in [0.2, 0.25) is 0 Å². The average Bonchev–Trinajstić information content (AvgIpc) is 2.45. The molecule has 5 heteroatoms. The fourth-order valence-electron chi connectivity index (χ4n) is 2.18. The highest BCUT2D eigenvalue weighted by Crippen LogP contribution is 2.35. The molecule has 0 aliphatic carbocycles. The summed E-state index contributed by atoms with van der Waals surface area (Å²) < 4.78 is 5.00. The van der Waals surface area contributed by atoms with E-state index in [9.17, 15) is 15.0 Å². The Labute approximate surface area is 119 Å². The first kappa shape index (κ1) is 16.5. The number of aliphatic hydroxyl groups is 2. The van der Waals surface area contributed by atoms with Crippen LogP contribution in [0, 0.1) is 0 Å². The summed E-state index contributed by atoms with van der Waals surface area (Å²) in [5, 5.41) is 20.3. The van der Waals surface area contributed by atoms with E-state index in [1.807, 2.05) is 6.92 Å². The van der Waals surface area contributed by atoms with E-state index in [1.54, 1.807) is 19.9 Å². The second kappa shape index (κ2) is 7.26. The predicted molar refractivity (Wildman–Crippen MR) is 77.3 cm³/mol. The average molecular weight is 281 g/mol. The van der Waals surface area contributed by atoms with Crippen molar-refractivity contribution in [3.05, 3.63) is 28.8 Å². The largest absolute Gasteiger partial charge is 0.462 e. The van der Waals surface area contributed by atoms with Crippen LogP contribution in [0.3, 0.4) is 0 Å². The van der Waals surface area contributed by atoms with Gasteiger partial charge in [-0.05, 0) is 31.9 Å². The summed E-state index contributed by atoms with van der Waals surface area (Å²) in [6.45, 7) is 5.57. The molecular formula is C15H23NO4. The van der Waals surface area contributed by atoms with E-state index in [0.717, 1.165) is 0 Å². The van der Waals surface area contributed by atoms with Crippen molar-refractivity contribution in [1.29, 1.82) is 0 Å². The van der Waals surface area contributed by atoms with Crippen LogP contribution in [0.15, 0.2) is 12.1 Å². The first-order valence-corrected chi connectivity index (χ1v) is 6.93. The first-order chi connectivity index (χ1) is 9.47. The van der Waals surface area contributed by atoms with E-state index in [2.05, 4.69) is 0 Å². The standard InChI is InChI=1S/C15H23NO4/c1-4-11(17)13-9(15(19)20-6-3)7-8-10(16)14(13)12(18)5-2/h7-8,11-12,17-18H,4-6,16H2,1-3H3. The van der Waals surface area contributed by atoms with Gasteiger partial charge in [-0.3, -0.25) is 0 Å². The Kier molecular flexibility index (Phi) is 5.98. The molecule has 0 aromatic heterocycles. The summed E-state index contributed by atoms with van der Waals surface area (Å²) in [4.78, 5) is 12.0. The van der Waals surface area contributed by atoms with E-state index < -0.39 is 18.2 Å². The summed E-state index contributed by atoms with van der Waals surface area (Å²) in [5.74, 6) is -0.514. The van der Waals surface area contributed by atoms with Gasteiger partial charge in [0.25, 0.3) is 0 Å². The van der Waals surface area contributed by atoms with Crippen LogP contribution in [-0.4, -0.2) is 22.8 Å². The number of nitrogen functional groups attached to an aromatic ring is 1. The minimum atomic E-state index is -0.867. The molecule has 2 unspecified atom stereocenters. The molecule has 5 nitrogen and oxygen atoms in total. The van der Waals surface area contributed by atoms with E-state index in [-0.39, 0.29) is 12.2 Å². The number of hydrogen-bond donors (Lipinski definition) is 3. The number of carbonyl (C=O) groups excluding carboxylic acids is 1. The quantitative estimate of drug-likeness (QED) is 0.549. The van der Waals surface area contributed by atoms with Crippen LogP contribution in [-0.2, 0) is 4.74 Å². The van der Waals surface area contributed by atoms with E-state index in [1.165, 1.54) is 6.07 Å². The molecular weight excluding hydrogens is 258 g/mol. The molecule has 2 atom stereocenters. The van der Waals surface area contributed by atoms with Crippen LogP contribution in [0.4, 0.5) is 5.69 Å². The molecule has 112 valence electrons. The maximum Gasteiger partial charge on any atom is 0.338 e. The third-order valence-electron chi connectivity index (χ3n) is 3.26. The third kappa shape index (κ3) is 3.29. The zero-order valence-corrected chi connectivity index (χ0v) is 12.2. The van der Waals surface area contributed by atoms with Gasteiger partial charge < -0.3 is 20.7 Å². The SMILES string of the molecule is CCOC(=O)c1ccc(N)c(C(O)CC)c1C(O)CC. The molecule has 1 rings (SSSR count). The summed E-state index contributed by atoms with van der Waals surface area (Å²) in [6.07, 6.45) is -0.825. The van der Waals surface area contributed by atoms with Crippen molar-refractivity contribution >= 4 is 11.7 Å². The molecule has 0 radical (unpaired) electrons. The summed E-state index contributed by atoms with van der Waals surface area (Å²) >= 11 is 0. The van der Waals surface area contributed by atoms with E-state index >= 15 is 0 Å². The van der Waals surface area contributed by atoms with Crippen molar-refractivity contribution in [2.75, 3.05) is 12.3 Å². The number of anilines is 1. The molecule has 0 spiro atoms. The van der Waals surface area contributed by atoms with Gasteiger partial charge in [0.15, 0.2) is 0 Å². The topological polar surface area (TPSA) is 92.8 Å². The lowest BCUT2D eigenvalue weighted by molar-refractivity contribution is 0.0517. The number of hydrogen-bond acceptors (Lipinski definition) is 5. The summed E-state index contributed by atoms with van der Waals surface area (Å²) in [7, 11) is 0. The van der Waals surface area contributed by atoms with Gasteiger partial charge in [-0.15, -0.1) is 0 Å². The highest BCUT2D eigenvalue weighted by atomic mass is 16.5. The lowest BCUT2D eigenvalue weighted by Gasteiger charge is -2.22. The number of rotatable bonds is 6. The Balaban J connectivity index is 3.48. The van der Waals surface area contributed by atoms with Gasteiger partial charge in [0.05, 0.1) is 24.4 Å². The van der Waals surface area contributed by atoms with Crippen LogP contribution in [0.25, 0.3) is 0 Å². The van der Waals surface area contributed by atoms with Crippen molar-refractivity contribution in [3.63, 3.8) is 0 Å². The maximum absolute atomic E-state index is 12.0. The van der Waals surface area contributed by atoms with Gasteiger partial charge in [0.1, 0.15) is 0 Å². The highest BCUT2D eigenvalue weighted by Gasteiger charge is 2.25. The maximum atomic E-state index is 12.0. The lowest BCUT2D eigenvalue weighted by atomic mass is 9.90. The van der Waals surface area contributed by atoms with Crippen LogP contribution < -0.4 is 5.73 Å². The van der Waals surface area contributed by atoms with Gasteiger partial charge in [-0.25, -0.2) is 4.79 Å². The number of esters is 1. The normalized spacial score (nSPS) is 13.8. The Bertz CT molecular complexity index is 473. The van der Waals surface area contributed by atoms with Crippen molar-refractivity contribution in [1.82, 2.24) is 0 Å². The zero-order valence-electron chi connectivity index (χ0n) is 12.2. The van der Waals surface area contributed by atoms with Crippen molar-refractivity contribution < 1.29 is 19.7 Å². The summed E-state index contributed by atoms with van der Waals surface area (Å²) in [6, 6.07) is 3.10. The molecule has 4 N–H and O–H groups in total. The van der Waals surface area contributed by atoms with E-state index in [0.29, 0.717) is 29.7 Å². The molecule has 0 aliphatic rings. The lowest BCUT2D eigenvalue weighted by Crippen LogP contribution is -2.16. The minimum absolute atomic E-state index is 0.247. The van der Waals surface area contributed by atoms with Gasteiger partial charge in [0.2, 0.25) is 0 Å². The molecule has 0 heterocycles. The number of ether oxygens (including phenoxy) is 1. The molecule has 1 aromatic rings. The van der Waals surface area contributed by atoms with E-state index in [4.69, 9.17) is 10.5 Å². The second-order valence-corrected chi connectivity index (χ2v) is 4.60. The monoisotopic (exact) mass is 281 g/mol. The molecule has 1 aromatic carbocycles. The van der Waals surface area contributed by atoms with Crippen LogP contribution >= 0.6 is 0 Å². The molecule has 0 saturated carbocycles. The number of benzene rings is 1. The third-order valence-corrected chi connectivity index (χ3v) is 3.26. The van der Waals surface area contributed by atoms with Gasteiger partial charge in [0, 0.05) is 16.8 Å². The second-order valence-electron chi connectivity index (χ2n) is 4.60. The van der Waals surface area contributed by atoms with Gasteiger partial charge in [-0.1, -0.05) is 13.8 Å². The van der Waals surface area contributed by atoms with Crippen molar-refractivity contribution in [2.24, 2.45) is 0 Å². The fraction of sp³-hybridized carbons (Fsp3) is 0.533. The van der Waals surface area contributed by atoms with Crippen molar-refractivity contribution in [3.8, 4) is 0 Å². The molecule has 0 saturated heterocycles. The zero-order chi connectivity index (χ0) is 15.3. The Morgan fingerprint density at radius 2 is 1.70 bits per heavy atom. The smallest absolute Gasteiger partial charge is 0.338 e. The van der Waals surface area contributed by atoms with Crippen LogP contribution in [0.5, 0.6) is 0 Å². The highest BCUT2D eigenvalue weighted by molar-refractivity contribution is 5.92. The Hall–Kier alpha value is -1.59. The molecule has 20 heavy (non-hydrogen) atoms.